The van der Waals surface area contributed by atoms with E-state index in [2.05, 4.69) is 15.0 Å². The van der Waals surface area contributed by atoms with Crippen LogP contribution in [0.3, 0.4) is 0 Å². The van der Waals surface area contributed by atoms with Crippen LogP contribution in [0.15, 0.2) is 58.2 Å². The van der Waals surface area contributed by atoms with Gasteiger partial charge in [0.1, 0.15) is 5.52 Å². The quantitative estimate of drug-likeness (QED) is 0.617. The molecular weight excluding hydrogens is 384 g/mol. The van der Waals surface area contributed by atoms with Crippen LogP contribution in [0.4, 0.5) is 0 Å². The van der Waals surface area contributed by atoms with Gasteiger partial charge in [0.05, 0.1) is 15.8 Å². The second-order valence-electron chi connectivity index (χ2n) is 6.28. The van der Waals surface area contributed by atoms with Crippen LogP contribution in [0.1, 0.15) is 24.2 Å². The van der Waals surface area contributed by atoms with E-state index in [1.807, 2.05) is 0 Å². The van der Waals surface area contributed by atoms with Crippen molar-refractivity contribution in [2.75, 3.05) is 0 Å². The van der Waals surface area contributed by atoms with Gasteiger partial charge in [0.25, 0.3) is 5.56 Å². The van der Waals surface area contributed by atoms with Crippen LogP contribution in [-0.4, -0.2) is 35.4 Å². The topological polar surface area (TPSA) is 120 Å². The van der Waals surface area contributed by atoms with E-state index in [-0.39, 0.29) is 16.5 Å². The summed E-state index contributed by atoms with van der Waals surface area (Å²) in [5.41, 5.74) is 0.0231. The molecule has 0 fully saturated rings. The second-order valence-corrected chi connectivity index (χ2v) is 7.99. The van der Waals surface area contributed by atoms with Crippen molar-refractivity contribution in [2.24, 2.45) is 0 Å². The fourth-order valence-electron chi connectivity index (χ4n) is 2.48. The zero-order chi connectivity index (χ0) is 20.3. The van der Waals surface area contributed by atoms with Gasteiger partial charge in [-0.05, 0) is 44.2 Å². The van der Waals surface area contributed by atoms with Crippen LogP contribution in [0.2, 0.25) is 0 Å². The van der Waals surface area contributed by atoms with Gasteiger partial charge in [0.2, 0.25) is 10.0 Å². The van der Waals surface area contributed by atoms with Gasteiger partial charge in [-0.25, -0.2) is 17.9 Å². The Labute approximate surface area is 161 Å². The molecule has 0 spiro atoms. The largest absolute Gasteiger partial charge is 0.439 e. The highest BCUT2D eigenvalue weighted by molar-refractivity contribution is 7.89. The standard InChI is InChI=1S/C18H18N4O5S/c1-12(2)20-28(25,26)14-7-5-6-13(10-14)18(24)27-11-22-17(23)15-8-3-4-9-16(15)19-21-22/h3-10,12,20H,11H2,1-2H3. The number of carbonyl (C=O) groups is 1. The number of rotatable bonds is 6. The number of aromatic nitrogens is 3. The molecular formula is C18H18N4O5S. The van der Waals surface area contributed by atoms with Crippen LogP contribution in [-0.2, 0) is 21.5 Å². The summed E-state index contributed by atoms with van der Waals surface area (Å²) in [6, 6.07) is 11.8. The van der Waals surface area contributed by atoms with Crippen molar-refractivity contribution >= 4 is 26.9 Å². The third-order valence-electron chi connectivity index (χ3n) is 3.72. The molecule has 2 aromatic carbocycles. The van der Waals surface area contributed by atoms with Gasteiger partial charge in [-0.3, -0.25) is 4.79 Å². The van der Waals surface area contributed by atoms with E-state index in [0.29, 0.717) is 10.9 Å². The highest BCUT2D eigenvalue weighted by Crippen LogP contribution is 2.13. The van der Waals surface area contributed by atoms with Crippen LogP contribution in [0.25, 0.3) is 10.9 Å². The Kier molecular flexibility index (Phi) is 5.52. The summed E-state index contributed by atoms with van der Waals surface area (Å²) in [5, 5.41) is 7.98. The molecule has 0 atom stereocenters. The molecule has 0 saturated carbocycles. The molecule has 0 unspecified atom stereocenters. The van der Waals surface area contributed by atoms with Crippen LogP contribution in [0.5, 0.6) is 0 Å². The Balaban J connectivity index is 1.78. The molecule has 146 valence electrons. The van der Waals surface area contributed by atoms with Crippen LogP contribution < -0.4 is 10.3 Å². The predicted octanol–water partition coefficient (Wildman–Crippen LogP) is 1.29. The summed E-state index contributed by atoms with van der Waals surface area (Å²) in [6.45, 7) is 2.94. The lowest BCUT2D eigenvalue weighted by Gasteiger charge is -2.11. The van der Waals surface area contributed by atoms with Gasteiger partial charge in [-0.2, -0.15) is 4.68 Å². The highest BCUT2D eigenvalue weighted by Gasteiger charge is 2.18. The molecule has 9 nitrogen and oxygen atoms in total. The third kappa shape index (κ3) is 4.24. The maximum atomic E-state index is 12.3. The minimum absolute atomic E-state index is 0.0356. The molecule has 0 aliphatic carbocycles. The van der Waals surface area contributed by atoms with Crippen molar-refractivity contribution in [3.05, 3.63) is 64.4 Å². The fraction of sp³-hybridized carbons (Fsp3) is 0.222. The summed E-state index contributed by atoms with van der Waals surface area (Å²) in [4.78, 5) is 24.6. The number of nitrogens with one attached hydrogen (secondary N) is 1. The van der Waals surface area contributed by atoms with Crippen molar-refractivity contribution < 1.29 is 17.9 Å². The highest BCUT2D eigenvalue weighted by atomic mass is 32.2. The average molecular weight is 402 g/mol. The first-order valence-electron chi connectivity index (χ1n) is 8.40. The first kappa shape index (κ1) is 19.6. The number of hydrogen-bond donors (Lipinski definition) is 1. The molecule has 3 rings (SSSR count). The SMILES string of the molecule is CC(C)NS(=O)(=O)c1cccc(C(=O)OCn2nnc3ccccc3c2=O)c1. The lowest BCUT2D eigenvalue weighted by atomic mass is 10.2. The Hall–Kier alpha value is -3.11. The fourth-order valence-corrected chi connectivity index (χ4v) is 3.78. The molecule has 1 heterocycles. The molecule has 0 saturated heterocycles. The Bertz CT molecular complexity index is 1190. The lowest BCUT2D eigenvalue weighted by Crippen LogP contribution is -2.30. The number of esters is 1. The van der Waals surface area contributed by atoms with E-state index in [1.54, 1.807) is 38.1 Å². The van der Waals surface area contributed by atoms with Gasteiger partial charge in [0, 0.05) is 6.04 Å². The smallest absolute Gasteiger partial charge is 0.339 e. The van der Waals surface area contributed by atoms with Crippen molar-refractivity contribution in [1.29, 1.82) is 0 Å². The van der Waals surface area contributed by atoms with Gasteiger partial charge in [-0.15, -0.1) is 5.10 Å². The van der Waals surface area contributed by atoms with E-state index >= 15 is 0 Å². The van der Waals surface area contributed by atoms with Gasteiger partial charge >= 0.3 is 5.97 Å². The number of carbonyl (C=O) groups excluding carboxylic acids is 1. The number of sulfonamides is 1. The van der Waals surface area contributed by atoms with Crippen molar-refractivity contribution in [2.45, 2.75) is 31.5 Å². The molecule has 0 amide bonds. The Morgan fingerprint density at radius 3 is 2.68 bits per heavy atom. The third-order valence-corrected chi connectivity index (χ3v) is 5.37. The molecule has 0 aliphatic rings. The van der Waals surface area contributed by atoms with Crippen molar-refractivity contribution in [3.8, 4) is 0 Å². The van der Waals surface area contributed by atoms with E-state index < -0.39 is 28.3 Å². The molecule has 28 heavy (non-hydrogen) atoms. The van der Waals surface area contributed by atoms with Gasteiger partial charge in [0.15, 0.2) is 6.73 Å². The van der Waals surface area contributed by atoms with Crippen molar-refractivity contribution in [1.82, 2.24) is 19.7 Å². The maximum absolute atomic E-state index is 12.3. The molecule has 0 radical (unpaired) electrons. The lowest BCUT2D eigenvalue weighted by molar-refractivity contribution is 0.0336. The maximum Gasteiger partial charge on any atom is 0.339 e. The minimum Gasteiger partial charge on any atom is -0.439 e. The zero-order valence-corrected chi connectivity index (χ0v) is 16.0. The first-order chi connectivity index (χ1) is 13.3. The molecule has 10 heteroatoms. The van der Waals surface area contributed by atoms with Crippen LogP contribution >= 0.6 is 0 Å². The number of ether oxygens (including phenoxy) is 1. The normalized spacial score (nSPS) is 11.7. The number of fused-ring (bicyclic) bond motifs is 1. The molecule has 0 bridgehead atoms. The van der Waals surface area contributed by atoms with E-state index in [9.17, 15) is 18.0 Å². The first-order valence-corrected chi connectivity index (χ1v) is 9.88. The Morgan fingerprint density at radius 2 is 1.93 bits per heavy atom. The van der Waals surface area contributed by atoms with E-state index in [1.165, 1.54) is 24.3 Å². The minimum atomic E-state index is -3.75. The molecule has 0 aliphatic heterocycles. The van der Waals surface area contributed by atoms with Gasteiger partial charge in [-0.1, -0.05) is 23.4 Å². The summed E-state index contributed by atoms with van der Waals surface area (Å²) < 4.78 is 32.9. The zero-order valence-electron chi connectivity index (χ0n) is 15.2. The predicted molar refractivity (Wildman–Crippen MR) is 101 cm³/mol. The molecule has 1 N–H and O–H groups in total. The van der Waals surface area contributed by atoms with Gasteiger partial charge < -0.3 is 4.74 Å². The van der Waals surface area contributed by atoms with E-state index in [4.69, 9.17) is 4.74 Å². The van der Waals surface area contributed by atoms with Crippen LogP contribution in [0, 0.1) is 0 Å². The molecule has 3 aromatic rings. The number of hydrogen-bond acceptors (Lipinski definition) is 7. The Morgan fingerprint density at radius 1 is 1.18 bits per heavy atom. The summed E-state index contributed by atoms with van der Waals surface area (Å²) in [6.07, 6.45) is 0. The monoisotopic (exact) mass is 402 g/mol. The summed E-state index contributed by atoms with van der Waals surface area (Å²) >= 11 is 0. The van der Waals surface area contributed by atoms with E-state index in [0.717, 1.165) is 4.68 Å². The average Bonchev–Trinajstić information content (AvgIpc) is 2.66. The number of nitrogens with zero attached hydrogens (tertiary/aromatic N) is 3. The summed E-state index contributed by atoms with van der Waals surface area (Å²) in [5.74, 6) is -0.788. The van der Waals surface area contributed by atoms with Crippen molar-refractivity contribution in [3.63, 3.8) is 0 Å². The number of benzene rings is 2. The summed E-state index contributed by atoms with van der Waals surface area (Å²) in [7, 11) is -3.75. The second kappa shape index (κ2) is 7.87. The molecule has 1 aromatic heterocycles.